The van der Waals surface area contributed by atoms with Crippen LogP contribution in [0.4, 0.5) is 0 Å². The molecule has 1 unspecified atom stereocenters. The number of nitrogens with zero attached hydrogens (tertiary/aromatic N) is 3. The summed E-state index contributed by atoms with van der Waals surface area (Å²) >= 11 is 0. The van der Waals surface area contributed by atoms with Crippen LogP contribution in [0.25, 0.3) is 0 Å². The lowest BCUT2D eigenvalue weighted by molar-refractivity contribution is -0.201. The number of aromatic amines is 1. The smallest absolute Gasteiger partial charge is 0.330 e. The van der Waals surface area contributed by atoms with Gasteiger partial charge in [0.1, 0.15) is 35.2 Å². The molecule has 5 aromatic rings. The third kappa shape index (κ3) is 10.6. The molecule has 16 heteroatoms. The van der Waals surface area contributed by atoms with Gasteiger partial charge < -0.3 is 38.2 Å². The Bertz CT molecular complexity index is 2360. The van der Waals surface area contributed by atoms with E-state index in [1.54, 1.807) is 64.5 Å². The fourth-order valence-electron chi connectivity index (χ4n) is 7.79. The van der Waals surface area contributed by atoms with Crippen LogP contribution in [-0.4, -0.2) is 102 Å². The molecular weight excluding hydrogens is 840 g/mol. The zero-order valence-electron chi connectivity index (χ0n) is 37.8. The minimum absolute atomic E-state index is 0.0617. The number of H-pyrrole nitrogens is 1. The molecule has 1 fully saturated rings. The number of aryl methyl sites for hydroxylation is 1. The number of carbonyl (C=O) groups is 1. The Labute approximate surface area is 375 Å². The Balaban J connectivity index is 1.39. The number of likely N-dealkylation sites (N-methyl/N-ethyl adjacent to an activating group) is 1. The highest BCUT2D eigenvalue weighted by Gasteiger charge is 2.54. The van der Waals surface area contributed by atoms with Gasteiger partial charge in [-0.2, -0.15) is 0 Å². The van der Waals surface area contributed by atoms with Gasteiger partial charge in [-0.05, 0) is 99.8 Å². The molecule has 342 valence electrons. The molecule has 1 amide bonds. The fraction of sp³-hybridized carbons (Fsp3) is 0.396. The van der Waals surface area contributed by atoms with Crippen LogP contribution in [0.2, 0.25) is 0 Å². The Kier molecular flexibility index (Phi) is 15.8. The second-order valence-corrected chi connectivity index (χ2v) is 17.5. The molecule has 0 bridgehead atoms. The lowest BCUT2D eigenvalue weighted by atomic mass is 9.80. The van der Waals surface area contributed by atoms with E-state index in [2.05, 4.69) is 4.98 Å². The number of nitrogens with one attached hydrogen (secondary N) is 1. The Hall–Kier alpha value is -5.38. The van der Waals surface area contributed by atoms with E-state index in [0.29, 0.717) is 22.8 Å². The summed E-state index contributed by atoms with van der Waals surface area (Å²) in [6.45, 7) is 9.59. The van der Waals surface area contributed by atoms with Gasteiger partial charge in [-0.3, -0.25) is 23.7 Å². The lowest BCUT2D eigenvalue weighted by Gasteiger charge is -2.41. The van der Waals surface area contributed by atoms with Gasteiger partial charge in [0.15, 0.2) is 0 Å². The number of hydrogen-bond donors (Lipinski definition) is 2. The first kappa shape index (κ1) is 48.1. The van der Waals surface area contributed by atoms with E-state index in [-0.39, 0.29) is 49.7 Å². The van der Waals surface area contributed by atoms with Gasteiger partial charge in [-0.1, -0.05) is 54.6 Å². The van der Waals surface area contributed by atoms with Crippen molar-refractivity contribution < 1.29 is 42.6 Å². The molecule has 0 aliphatic carbocycles. The van der Waals surface area contributed by atoms with Crippen molar-refractivity contribution in [3.63, 3.8) is 0 Å². The molecule has 0 radical (unpaired) electrons. The molecule has 15 nitrogen and oxygen atoms in total. The Morgan fingerprint density at radius 1 is 0.844 bits per heavy atom. The minimum Gasteiger partial charge on any atom is -0.497 e. The van der Waals surface area contributed by atoms with Gasteiger partial charge in [0.05, 0.1) is 41.0 Å². The van der Waals surface area contributed by atoms with E-state index in [1.807, 2.05) is 111 Å². The first-order valence-electron chi connectivity index (χ1n) is 21.1. The fourth-order valence-corrected chi connectivity index (χ4v) is 9.53. The summed E-state index contributed by atoms with van der Waals surface area (Å²) in [5.41, 5.74) is 0.505. The number of ether oxygens (including phenoxy) is 5. The van der Waals surface area contributed by atoms with Crippen LogP contribution in [0.15, 0.2) is 119 Å². The first-order valence-corrected chi connectivity index (χ1v) is 22.3. The maximum atomic E-state index is 13.4. The number of amides is 1. The van der Waals surface area contributed by atoms with Crippen molar-refractivity contribution in [1.29, 1.82) is 0 Å². The molecule has 2 heterocycles. The molecule has 1 aliphatic heterocycles. The second-order valence-electron chi connectivity index (χ2n) is 16.1. The summed E-state index contributed by atoms with van der Waals surface area (Å²) in [6.07, 6.45) is -1.16. The van der Waals surface area contributed by atoms with E-state index in [4.69, 9.17) is 32.7 Å². The van der Waals surface area contributed by atoms with Crippen LogP contribution in [0, 0.1) is 6.92 Å². The zero-order valence-corrected chi connectivity index (χ0v) is 38.7. The van der Waals surface area contributed by atoms with Crippen LogP contribution in [0.1, 0.15) is 73.0 Å². The summed E-state index contributed by atoms with van der Waals surface area (Å²) in [7, 11) is 4.38. The molecule has 4 atom stereocenters. The van der Waals surface area contributed by atoms with E-state index >= 15 is 0 Å². The van der Waals surface area contributed by atoms with Crippen LogP contribution >= 0.6 is 8.53 Å². The van der Waals surface area contributed by atoms with Gasteiger partial charge in [-0.15, -0.1) is 0 Å². The third-order valence-corrected chi connectivity index (χ3v) is 13.3. The third-order valence-electron chi connectivity index (χ3n) is 11.2. The Morgan fingerprint density at radius 2 is 1.36 bits per heavy atom. The summed E-state index contributed by atoms with van der Waals surface area (Å²) in [6, 6.07) is 31.4. The van der Waals surface area contributed by atoms with Crippen molar-refractivity contribution in [1.82, 2.24) is 19.1 Å². The number of benzene rings is 4. The highest BCUT2D eigenvalue weighted by atomic mass is 31.2. The van der Waals surface area contributed by atoms with Crippen molar-refractivity contribution in [3.8, 4) is 17.2 Å². The van der Waals surface area contributed by atoms with E-state index in [9.17, 15) is 19.5 Å². The Morgan fingerprint density at radius 3 is 1.88 bits per heavy atom. The molecule has 1 saturated heterocycles. The van der Waals surface area contributed by atoms with Crippen molar-refractivity contribution in [3.05, 3.63) is 158 Å². The normalized spacial score (nSPS) is 18.1. The molecule has 1 aromatic heterocycles. The maximum absolute atomic E-state index is 13.4. The quantitative estimate of drug-likeness (QED) is 0.0468. The summed E-state index contributed by atoms with van der Waals surface area (Å²) in [5.74, 6) is -0.399. The minimum atomic E-state index is -2.13. The SMILES string of the molecule is COc1ccc(C(=O)N(C)CCOP(O[C@]2(O)C[C@H](n3cc(C)c(=O)[nH]c3=O)O[C@@H]2COC(c2ccccc2)(c2ccc(OC)cc2)c2ccc(OC)cc2)N(C(C)C)C(C)C)cc1. The monoisotopic (exact) mass is 898 g/mol. The molecule has 6 rings (SSSR count). The average molecular weight is 899 g/mol. The highest BCUT2D eigenvalue weighted by molar-refractivity contribution is 7.44. The van der Waals surface area contributed by atoms with Crippen molar-refractivity contribution in [2.45, 2.75) is 76.8 Å². The van der Waals surface area contributed by atoms with Crippen LogP contribution < -0.4 is 25.5 Å². The van der Waals surface area contributed by atoms with Crippen LogP contribution in [0.3, 0.4) is 0 Å². The number of methoxy groups -OCH3 is 3. The van der Waals surface area contributed by atoms with Crippen LogP contribution in [0.5, 0.6) is 17.2 Å². The second kappa shape index (κ2) is 21.1. The highest BCUT2D eigenvalue weighted by Crippen LogP contribution is 2.54. The van der Waals surface area contributed by atoms with Gasteiger partial charge in [-0.25, -0.2) is 9.46 Å². The topological polar surface area (TPSA) is 163 Å². The number of aromatic nitrogens is 2. The lowest BCUT2D eigenvalue weighted by Crippen LogP contribution is -2.47. The molecule has 1 aliphatic rings. The number of carbonyl (C=O) groups excluding carboxylic acids is 1. The van der Waals surface area contributed by atoms with Gasteiger partial charge >= 0.3 is 5.69 Å². The molecular formula is C48H59N4O11P. The molecule has 0 spiro atoms. The van der Waals surface area contributed by atoms with Gasteiger partial charge in [0.2, 0.25) is 5.79 Å². The predicted octanol–water partition coefficient (Wildman–Crippen LogP) is 7.01. The van der Waals surface area contributed by atoms with Gasteiger partial charge in [0, 0.05) is 43.0 Å². The van der Waals surface area contributed by atoms with Crippen LogP contribution in [-0.2, 0) is 24.1 Å². The van der Waals surface area contributed by atoms with E-state index in [0.717, 1.165) is 16.7 Å². The molecule has 2 N–H and O–H groups in total. The molecule has 4 aromatic carbocycles. The maximum Gasteiger partial charge on any atom is 0.330 e. The van der Waals surface area contributed by atoms with E-state index in [1.165, 1.54) is 10.8 Å². The molecule has 0 saturated carbocycles. The summed E-state index contributed by atoms with van der Waals surface area (Å²) in [5, 5.41) is 13.0. The average Bonchev–Trinajstić information content (AvgIpc) is 3.62. The molecule has 64 heavy (non-hydrogen) atoms. The van der Waals surface area contributed by atoms with E-state index < -0.39 is 43.5 Å². The zero-order chi connectivity index (χ0) is 46.2. The standard InChI is InChI=1S/C48H59N4O11P/c1-32(2)52(33(3)4)64(61-28-27-50(6)45(54)35-15-21-39(57-7)22-16-35)63-47(56)29-43(51-30-34(5)44(53)49-46(51)55)62-42(47)31-60-48(36-13-11-10-12-14-36,37-17-23-40(58-8)24-18-37)38-19-25-41(59-9)26-20-38/h10-26,30,32-33,42-43,56H,27-29,31H2,1-9H3,(H,49,53,55)/t42-,43-,47-,64?/m1/s1. The van der Waals surface area contributed by atoms with Gasteiger partial charge in [0.25, 0.3) is 20.0 Å². The summed E-state index contributed by atoms with van der Waals surface area (Å²) < 4.78 is 46.8. The largest absolute Gasteiger partial charge is 0.497 e. The first-order chi connectivity index (χ1) is 30.6. The number of hydrogen-bond acceptors (Lipinski definition) is 12. The number of aliphatic hydroxyl groups is 1. The number of rotatable bonds is 20. The predicted molar refractivity (Wildman–Crippen MR) is 244 cm³/mol. The van der Waals surface area contributed by atoms with Crippen molar-refractivity contribution in [2.75, 3.05) is 48.1 Å². The van der Waals surface area contributed by atoms with Crippen molar-refractivity contribution >= 4 is 14.4 Å². The van der Waals surface area contributed by atoms with Crippen molar-refractivity contribution in [2.24, 2.45) is 0 Å². The summed E-state index contributed by atoms with van der Waals surface area (Å²) in [4.78, 5) is 43.1.